The highest BCUT2D eigenvalue weighted by Crippen LogP contribution is 2.20. The van der Waals surface area contributed by atoms with E-state index in [0.717, 1.165) is 16.8 Å². The molecule has 2 aromatic carbocycles. The Labute approximate surface area is 180 Å². The Morgan fingerprint density at radius 2 is 1.74 bits per heavy atom. The van der Waals surface area contributed by atoms with Crippen molar-refractivity contribution in [1.82, 2.24) is 24.6 Å². The van der Waals surface area contributed by atoms with Crippen molar-refractivity contribution in [3.8, 4) is 11.3 Å². The average Bonchev–Trinajstić information content (AvgIpc) is 3.22. The van der Waals surface area contributed by atoms with E-state index < -0.39 is 10.0 Å². The molecular formula is C22H21N5O3S. The Morgan fingerprint density at radius 3 is 2.48 bits per heavy atom. The molecule has 2 aromatic heterocycles. The summed E-state index contributed by atoms with van der Waals surface area (Å²) in [6.07, 6.45) is 3.09. The lowest BCUT2D eigenvalue weighted by Gasteiger charge is -2.08. The van der Waals surface area contributed by atoms with Crippen LogP contribution in [0, 0.1) is 6.92 Å². The molecule has 8 nitrogen and oxygen atoms in total. The molecular weight excluding hydrogens is 414 g/mol. The molecule has 0 fully saturated rings. The van der Waals surface area contributed by atoms with Crippen LogP contribution in [0.1, 0.15) is 15.9 Å². The SMILES string of the molecule is Cc1ccc(S(=O)(=O)NCCNC(=O)c2cnn3c(-c4ccccc4)ccnc23)cc1. The second-order valence-corrected chi connectivity index (χ2v) is 8.72. The molecule has 31 heavy (non-hydrogen) atoms. The van der Waals surface area contributed by atoms with Crippen molar-refractivity contribution in [1.29, 1.82) is 0 Å². The molecule has 4 rings (SSSR count). The number of aryl methyl sites for hydroxylation is 1. The molecule has 0 aliphatic carbocycles. The van der Waals surface area contributed by atoms with Gasteiger partial charge in [-0.3, -0.25) is 4.79 Å². The van der Waals surface area contributed by atoms with Crippen LogP contribution in [0.5, 0.6) is 0 Å². The molecule has 4 aromatic rings. The van der Waals surface area contributed by atoms with Crippen LogP contribution in [0.2, 0.25) is 0 Å². The van der Waals surface area contributed by atoms with E-state index in [4.69, 9.17) is 0 Å². The number of rotatable bonds is 7. The van der Waals surface area contributed by atoms with E-state index >= 15 is 0 Å². The van der Waals surface area contributed by atoms with Crippen molar-refractivity contribution in [2.45, 2.75) is 11.8 Å². The maximum atomic E-state index is 12.6. The topological polar surface area (TPSA) is 105 Å². The maximum absolute atomic E-state index is 12.6. The Bertz CT molecular complexity index is 1320. The Morgan fingerprint density at radius 1 is 1.00 bits per heavy atom. The molecule has 0 aliphatic rings. The summed E-state index contributed by atoms with van der Waals surface area (Å²) in [7, 11) is -3.63. The van der Waals surface area contributed by atoms with Gasteiger partial charge in [0, 0.05) is 24.8 Å². The number of benzene rings is 2. The number of fused-ring (bicyclic) bond motifs is 1. The van der Waals surface area contributed by atoms with Gasteiger partial charge in [-0.15, -0.1) is 0 Å². The van der Waals surface area contributed by atoms with Gasteiger partial charge in [0.15, 0.2) is 5.65 Å². The van der Waals surface area contributed by atoms with Gasteiger partial charge in [0.25, 0.3) is 5.91 Å². The highest BCUT2D eigenvalue weighted by molar-refractivity contribution is 7.89. The van der Waals surface area contributed by atoms with Crippen LogP contribution in [0.15, 0.2) is 78.0 Å². The molecule has 0 unspecified atom stereocenters. The zero-order valence-corrected chi connectivity index (χ0v) is 17.6. The molecule has 0 atom stereocenters. The van der Waals surface area contributed by atoms with E-state index in [-0.39, 0.29) is 23.9 Å². The third-order valence-corrected chi connectivity index (χ3v) is 6.23. The fraction of sp³-hybridized carbons (Fsp3) is 0.136. The molecule has 2 heterocycles. The fourth-order valence-corrected chi connectivity index (χ4v) is 4.17. The van der Waals surface area contributed by atoms with Crippen molar-refractivity contribution in [2.75, 3.05) is 13.1 Å². The number of sulfonamides is 1. The summed E-state index contributed by atoms with van der Waals surface area (Å²) in [4.78, 5) is 17.1. The van der Waals surface area contributed by atoms with Crippen molar-refractivity contribution in [2.24, 2.45) is 0 Å². The summed E-state index contributed by atoms with van der Waals surface area (Å²) in [6.45, 7) is 2.07. The molecule has 0 radical (unpaired) electrons. The monoisotopic (exact) mass is 435 g/mol. The molecule has 9 heteroatoms. The quantitative estimate of drug-likeness (QED) is 0.434. The lowest BCUT2D eigenvalue weighted by atomic mass is 10.1. The van der Waals surface area contributed by atoms with E-state index in [2.05, 4.69) is 20.1 Å². The van der Waals surface area contributed by atoms with Gasteiger partial charge in [-0.05, 0) is 25.1 Å². The number of aromatic nitrogens is 3. The largest absolute Gasteiger partial charge is 0.351 e. The number of nitrogens with one attached hydrogen (secondary N) is 2. The maximum Gasteiger partial charge on any atom is 0.256 e. The molecule has 0 saturated carbocycles. The Hall–Kier alpha value is -3.56. The van der Waals surface area contributed by atoms with Gasteiger partial charge in [0.2, 0.25) is 10.0 Å². The first kappa shape index (κ1) is 20.7. The van der Waals surface area contributed by atoms with Crippen LogP contribution in [0.4, 0.5) is 0 Å². The lowest BCUT2D eigenvalue weighted by Crippen LogP contribution is -2.34. The van der Waals surface area contributed by atoms with E-state index in [0.29, 0.717) is 11.2 Å². The van der Waals surface area contributed by atoms with E-state index in [1.54, 1.807) is 35.0 Å². The van der Waals surface area contributed by atoms with Crippen LogP contribution in [0.25, 0.3) is 16.9 Å². The number of hydrogen-bond acceptors (Lipinski definition) is 5. The first-order valence-corrected chi connectivity index (χ1v) is 11.2. The third kappa shape index (κ3) is 4.47. The Kier molecular flexibility index (Phi) is 5.79. The van der Waals surface area contributed by atoms with E-state index in [1.807, 2.05) is 43.3 Å². The van der Waals surface area contributed by atoms with Gasteiger partial charge in [-0.25, -0.2) is 22.6 Å². The number of amides is 1. The second-order valence-electron chi connectivity index (χ2n) is 6.96. The highest BCUT2D eigenvalue weighted by atomic mass is 32.2. The first-order chi connectivity index (χ1) is 15.0. The second kappa shape index (κ2) is 8.66. The minimum Gasteiger partial charge on any atom is -0.351 e. The summed E-state index contributed by atoms with van der Waals surface area (Å²) in [5, 5.41) is 7.02. The molecule has 0 spiro atoms. The number of carbonyl (C=O) groups is 1. The summed E-state index contributed by atoms with van der Waals surface area (Å²) >= 11 is 0. The van der Waals surface area contributed by atoms with Gasteiger partial charge in [-0.2, -0.15) is 5.10 Å². The molecule has 2 N–H and O–H groups in total. The molecule has 0 aliphatic heterocycles. The minimum atomic E-state index is -3.63. The van der Waals surface area contributed by atoms with Crippen molar-refractivity contribution < 1.29 is 13.2 Å². The predicted molar refractivity (Wildman–Crippen MR) is 117 cm³/mol. The van der Waals surface area contributed by atoms with Gasteiger partial charge >= 0.3 is 0 Å². The molecule has 0 bridgehead atoms. The number of nitrogens with zero attached hydrogens (tertiary/aromatic N) is 3. The average molecular weight is 436 g/mol. The molecule has 1 amide bonds. The molecule has 0 saturated heterocycles. The van der Waals surface area contributed by atoms with Crippen molar-refractivity contribution in [3.05, 3.63) is 84.2 Å². The van der Waals surface area contributed by atoms with Crippen LogP contribution in [-0.4, -0.2) is 42.0 Å². The summed E-state index contributed by atoms with van der Waals surface area (Å²) in [5.41, 5.74) is 3.49. The van der Waals surface area contributed by atoms with Gasteiger partial charge in [0.1, 0.15) is 5.56 Å². The molecule has 158 valence electrons. The normalized spacial score (nSPS) is 11.5. The van der Waals surface area contributed by atoms with E-state index in [1.165, 1.54) is 6.20 Å². The lowest BCUT2D eigenvalue weighted by molar-refractivity contribution is 0.0955. The number of hydrogen-bond donors (Lipinski definition) is 2. The van der Waals surface area contributed by atoms with Gasteiger partial charge in [0.05, 0.1) is 16.8 Å². The minimum absolute atomic E-state index is 0.0594. The zero-order chi connectivity index (χ0) is 21.8. The van der Waals surface area contributed by atoms with Gasteiger partial charge < -0.3 is 5.32 Å². The van der Waals surface area contributed by atoms with Crippen molar-refractivity contribution >= 4 is 21.6 Å². The Balaban J connectivity index is 1.42. The summed E-state index contributed by atoms with van der Waals surface area (Å²) in [5.74, 6) is -0.373. The zero-order valence-electron chi connectivity index (χ0n) is 16.8. The predicted octanol–water partition coefficient (Wildman–Crippen LogP) is 2.41. The smallest absolute Gasteiger partial charge is 0.256 e. The van der Waals surface area contributed by atoms with Gasteiger partial charge in [-0.1, -0.05) is 48.0 Å². The summed E-state index contributed by atoms with van der Waals surface area (Å²) < 4.78 is 28.7. The van der Waals surface area contributed by atoms with Crippen LogP contribution in [0.3, 0.4) is 0 Å². The summed E-state index contributed by atoms with van der Waals surface area (Å²) in [6, 6.07) is 18.1. The first-order valence-electron chi connectivity index (χ1n) is 9.68. The van der Waals surface area contributed by atoms with Crippen LogP contribution >= 0.6 is 0 Å². The third-order valence-electron chi connectivity index (χ3n) is 4.75. The number of carbonyl (C=O) groups excluding carboxylic acids is 1. The highest BCUT2D eigenvalue weighted by Gasteiger charge is 2.17. The standard InChI is InChI=1S/C22H21N5O3S/c1-16-7-9-18(10-8-16)31(29,30)26-14-13-24-22(28)19-15-25-27-20(11-12-23-21(19)27)17-5-3-2-4-6-17/h2-12,15,26H,13-14H2,1H3,(H,24,28). The van der Waals surface area contributed by atoms with Crippen LogP contribution in [-0.2, 0) is 10.0 Å². The van der Waals surface area contributed by atoms with E-state index in [9.17, 15) is 13.2 Å². The fourth-order valence-electron chi connectivity index (χ4n) is 3.14. The van der Waals surface area contributed by atoms with Crippen LogP contribution < -0.4 is 10.0 Å². The van der Waals surface area contributed by atoms with Crippen molar-refractivity contribution in [3.63, 3.8) is 0 Å².